The van der Waals surface area contributed by atoms with E-state index in [0.29, 0.717) is 22.3 Å². The topological polar surface area (TPSA) is 34.1 Å². The van der Waals surface area contributed by atoms with E-state index in [4.69, 9.17) is 0 Å². The van der Waals surface area contributed by atoms with Crippen LogP contribution in [0.5, 0.6) is 0 Å². The second-order valence-electron chi connectivity index (χ2n) is 12.1. The molecule has 0 aromatic heterocycles. The van der Waals surface area contributed by atoms with Crippen LogP contribution in [0.1, 0.15) is 136 Å². The average molecular weight is 513 g/mol. The van der Waals surface area contributed by atoms with Crippen molar-refractivity contribution in [1.82, 2.24) is 0 Å². The lowest BCUT2D eigenvalue weighted by molar-refractivity contribution is 0.0979. The van der Waals surface area contributed by atoms with Crippen molar-refractivity contribution < 1.29 is 9.59 Å². The van der Waals surface area contributed by atoms with Crippen LogP contribution in [0.25, 0.3) is 0 Å². The molecule has 1 aliphatic carbocycles. The van der Waals surface area contributed by atoms with Gasteiger partial charge in [-0.15, -0.1) is 0 Å². The molecule has 0 amide bonds. The normalized spacial score (nSPS) is 13.9. The Balaban J connectivity index is 1.59. The molecule has 1 aliphatic rings. The Bertz CT molecular complexity index is 1170. The molecule has 2 aromatic carbocycles. The highest BCUT2D eigenvalue weighted by molar-refractivity contribution is 6.28. The number of carbonyl (C=O) groups excluding carboxylic acids is 2. The third-order valence-corrected chi connectivity index (χ3v) is 7.80. The number of carbonyl (C=O) groups is 2. The number of aryl methyl sites for hydroxylation is 2. The summed E-state index contributed by atoms with van der Waals surface area (Å²) < 4.78 is 0. The molecule has 38 heavy (non-hydrogen) atoms. The minimum atomic E-state index is -0.0183. The lowest BCUT2D eigenvalue weighted by atomic mass is 9.82. The molecule has 1 unspecified atom stereocenters. The molecule has 2 nitrogen and oxygen atoms in total. The summed E-state index contributed by atoms with van der Waals surface area (Å²) in [7, 11) is 0. The van der Waals surface area contributed by atoms with Crippen LogP contribution in [0, 0.1) is 11.8 Å². The molecule has 2 aromatic rings. The molecular formula is C36H48O2. The molecule has 204 valence electrons. The molecule has 3 rings (SSSR count). The standard InChI is InChI=1S/C36H48O2/c1-25(2)11-7-13-27(5)15-9-17-29-19-21-31-33(23-29)35(37)32-22-20-30(24-34(32)36(31)38)18-10-16-28(6)14-8-12-26(3)4/h11,15,19-24,26,28H,7-10,12-14,16-18H2,1-6H3/b27-15+. The maximum atomic E-state index is 13.4. The summed E-state index contributed by atoms with van der Waals surface area (Å²) in [6.07, 6.45) is 15.7. The molecule has 1 atom stereocenters. The van der Waals surface area contributed by atoms with Gasteiger partial charge in [-0.05, 0) is 94.4 Å². The van der Waals surface area contributed by atoms with Crippen LogP contribution in [0.3, 0.4) is 0 Å². The molecule has 0 N–H and O–H groups in total. The van der Waals surface area contributed by atoms with Crippen LogP contribution < -0.4 is 0 Å². The molecule has 0 fully saturated rings. The zero-order valence-electron chi connectivity index (χ0n) is 24.7. The first kappa shape index (κ1) is 29.8. The van der Waals surface area contributed by atoms with Crippen LogP contribution in [0.4, 0.5) is 0 Å². The zero-order valence-corrected chi connectivity index (χ0v) is 24.7. The second kappa shape index (κ2) is 14.4. The van der Waals surface area contributed by atoms with Crippen LogP contribution in [-0.2, 0) is 12.8 Å². The van der Waals surface area contributed by atoms with E-state index in [1.165, 1.54) is 36.8 Å². The van der Waals surface area contributed by atoms with E-state index in [1.54, 1.807) is 0 Å². The number of fused-ring (bicyclic) bond motifs is 2. The van der Waals surface area contributed by atoms with Gasteiger partial charge in [-0.1, -0.05) is 94.0 Å². The fourth-order valence-electron chi connectivity index (χ4n) is 5.41. The number of hydrogen-bond acceptors (Lipinski definition) is 2. The van der Waals surface area contributed by atoms with Gasteiger partial charge in [0.1, 0.15) is 0 Å². The van der Waals surface area contributed by atoms with Gasteiger partial charge >= 0.3 is 0 Å². The van der Waals surface area contributed by atoms with Crippen molar-refractivity contribution in [3.63, 3.8) is 0 Å². The molecule has 0 saturated heterocycles. The van der Waals surface area contributed by atoms with Gasteiger partial charge in [0, 0.05) is 22.3 Å². The number of allylic oxidation sites excluding steroid dienone is 4. The Morgan fingerprint density at radius 2 is 1.26 bits per heavy atom. The summed E-state index contributed by atoms with van der Waals surface area (Å²) in [5.41, 5.74) is 7.28. The fraction of sp³-hybridized carbons (Fsp3) is 0.500. The number of rotatable bonds is 14. The van der Waals surface area contributed by atoms with Gasteiger partial charge in [0.25, 0.3) is 0 Å². The second-order valence-corrected chi connectivity index (χ2v) is 12.1. The quantitative estimate of drug-likeness (QED) is 0.201. The lowest BCUT2D eigenvalue weighted by Crippen LogP contribution is -2.21. The maximum Gasteiger partial charge on any atom is 0.194 e. The molecule has 0 bridgehead atoms. The molecule has 0 spiro atoms. The first-order chi connectivity index (χ1) is 18.2. The first-order valence-corrected chi connectivity index (χ1v) is 14.8. The van der Waals surface area contributed by atoms with Crippen molar-refractivity contribution in [2.45, 2.75) is 106 Å². The van der Waals surface area contributed by atoms with E-state index in [2.05, 4.69) is 53.7 Å². The fourth-order valence-corrected chi connectivity index (χ4v) is 5.41. The minimum absolute atomic E-state index is 0.0138. The average Bonchev–Trinajstić information content (AvgIpc) is 2.86. The minimum Gasteiger partial charge on any atom is -0.289 e. The summed E-state index contributed by atoms with van der Waals surface area (Å²) >= 11 is 0. The summed E-state index contributed by atoms with van der Waals surface area (Å²) in [5, 5.41) is 0. The van der Waals surface area contributed by atoms with Crippen molar-refractivity contribution in [3.8, 4) is 0 Å². The molecule has 0 saturated carbocycles. The van der Waals surface area contributed by atoms with E-state index >= 15 is 0 Å². The van der Waals surface area contributed by atoms with Crippen LogP contribution in [-0.4, -0.2) is 11.6 Å². The van der Waals surface area contributed by atoms with E-state index < -0.39 is 0 Å². The molecule has 0 aliphatic heterocycles. The summed E-state index contributed by atoms with van der Waals surface area (Å²) in [6.45, 7) is 13.4. The van der Waals surface area contributed by atoms with Crippen molar-refractivity contribution in [2.75, 3.05) is 0 Å². The third kappa shape index (κ3) is 8.65. The van der Waals surface area contributed by atoms with Crippen molar-refractivity contribution in [3.05, 3.63) is 93.1 Å². The maximum absolute atomic E-state index is 13.4. The number of ketones is 2. The van der Waals surface area contributed by atoms with Gasteiger partial charge in [-0.2, -0.15) is 0 Å². The Morgan fingerprint density at radius 1 is 0.684 bits per heavy atom. The number of benzene rings is 2. The van der Waals surface area contributed by atoms with Gasteiger partial charge < -0.3 is 0 Å². The van der Waals surface area contributed by atoms with E-state index in [1.807, 2.05) is 36.4 Å². The van der Waals surface area contributed by atoms with Crippen molar-refractivity contribution in [2.24, 2.45) is 11.8 Å². The molecule has 0 radical (unpaired) electrons. The van der Waals surface area contributed by atoms with Crippen LogP contribution in [0.2, 0.25) is 0 Å². The molecular weight excluding hydrogens is 464 g/mol. The predicted molar refractivity (Wildman–Crippen MR) is 161 cm³/mol. The molecule has 2 heteroatoms. The van der Waals surface area contributed by atoms with E-state index in [0.717, 1.165) is 61.5 Å². The Kier molecular flexibility index (Phi) is 11.3. The smallest absolute Gasteiger partial charge is 0.194 e. The number of hydrogen-bond donors (Lipinski definition) is 0. The van der Waals surface area contributed by atoms with Gasteiger partial charge in [-0.3, -0.25) is 9.59 Å². The summed E-state index contributed by atoms with van der Waals surface area (Å²) in [6, 6.07) is 11.7. The van der Waals surface area contributed by atoms with Gasteiger partial charge in [0.2, 0.25) is 0 Å². The highest BCUT2D eigenvalue weighted by atomic mass is 16.1. The first-order valence-electron chi connectivity index (χ1n) is 14.8. The lowest BCUT2D eigenvalue weighted by Gasteiger charge is -2.19. The van der Waals surface area contributed by atoms with E-state index in [9.17, 15) is 9.59 Å². The van der Waals surface area contributed by atoms with Crippen LogP contribution >= 0.6 is 0 Å². The summed E-state index contributed by atoms with van der Waals surface area (Å²) in [4.78, 5) is 26.7. The third-order valence-electron chi connectivity index (χ3n) is 7.80. The highest BCUT2D eigenvalue weighted by Crippen LogP contribution is 2.30. The monoisotopic (exact) mass is 512 g/mol. The van der Waals surface area contributed by atoms with Crippen molar-refractivity contribution in [1.29, 1.82) is 0 Å². The Hall–Kier alpha value is -2.74. The largest absolute Gasteiger partial charge is 0.289 e. The predicted octanol–water partition coefficient (Wildman–Crippen LogP) is 9.87. The zero-order chi connectivity index (χ0) is 27.7. The highest BCUT2D eigenvalue weighted by Gasteiger charge is 2.29. The summed E-state index contributed by atoms with van der Waals surface area (Å²) in [5.74, 6) is 1.48. The molecule has 0 heterocycles. The van der Waals surface area contributed by atoms with E-state index in [-0.39, 0.29) is 11.6 Å². The van der Waals surface area contributed by atoms with Crippen LogP contribution in [0.15, 0.2) is 59.7 Å². The van der Waals surface area contributed by atoms with Crippen molar-refractivity contribution >= 4 is 11.6 Å². The van der Waals surface area contributed by atoms with Gasteiger partial charge in [-0.25, -0.2) is 0 Å². The Labute approximate surface area is 231 Å². The van der Waals surface area contributed by atoms with Gasteiger partial charge in [0.05, 0.1) is 0 Å². The van der Waals surface area contributed by atoms with Gasteiger partial charge in [0.15, 0.2) is 11.6 Å². The Morgan fingerprint density at radius 3 is 1.84 bits per heavy atom. The SMILES string of the molecule is CC(C)=CCC/C(C)=C/CCc1ccc2c(c1)C(=O)c1ccc(CCCC(C)CCCC(C)C)cc1C2=O.